The van der Waals surface area contributed by atoms with Crippen LogP contribution in [0.15, 0.2) is 12.7 Å². The first-order valence-corrected chi connectivity index (χ1v) is 5.93. The molecular weight excluding hydrogens is 199 g/mol. The van der Waals surface area contributed by atoms with Gasteiger partial charge < -0.3 is 13.6 Å². The Morgan fingerprint density at radius 2 is 2.00 bits per heavy atom. The third kappa shape index (κ3) is 3.66. The molecule has 0 bridgehead atoms. The predicted molar refractivity (Wildman–Crippen MR) is 57.9 cm³/mol. The Kier molecular flexibility index (Phi) is 4.52. The van der Waals surface area contributed by atoms with E-state index < -0.39 is 8.60 Å². The van der Waals surface area contributed by atoms with Crippen molar-refractivity contribution in [2.45, 2.75) is 20.8 Å². The van der Waals surface area contributed by atoms with Crippen molar-refractivity contribution in [2.75, 3.05) is 19.8 Å². The minimum absolute atomic E-state index is 0.236. The molecule has 0 aliphatic carbocycles. The lowest BCUT2D eigenvalue weighted by Crippen LogP contribution is -2.31. The van der Waals surface area contributed by atoms with Crippen molar-refractivity contribution < 1.29 is 13.6 Å². The van der Waals surface area contributed by atoms with Crippen LogP contribution >= 0.6 is 8.60 Å². The summed E-state index contributed by atoms with van der Waals surface area (Å²) in [6.45, 7) is 12.1. The Bertz CT molecular complexity index is 180. The minimum atomic E-state index is -1.12. The van der Waals surface area contributed by atoms with Gasteiger partial charge in [-0.15, -0.1) is 6.58 Å². The molecule has 1 fully saturated rings. The van der Waals surface area contributed by atoms with E-state index in [9.17, 15) is 0 Å². The largest absolute Gasteiger partial charge is 0.332 e. The van der Waals surface area contributed by atoms with Gasteiger partial charge in [0.1, 0.15) is 0 Å². The van der Waals surface area contributed by atoms with Crippen molar-refractivity contribution in [3.63, 3.8) is 0 Å². The quantitative estimate of drug-likeness (QED) is 0.538. The van der Waals surface area contributed by atoms with Crippen LogP contribution in [0.4, 0.5) is 0 Å². The molecule has 82 valence electrons. The number of rotatable bonds is 3. The van der Waals surface area contributed by atoms with E-state index in [1.165, 1.54) is 0 Å². The molecule has 0 aromatic heterocycles. The number of hydrogen-bond acceptors (Lipinski definition) is 3. The fraction of sp³-hybridized carbons (Fsp3) is 0.800. The topological polar surface area (TPSA) is 27.7 Å². The second-order valence-corrected chi connectivity index (χ2v) is 5.68. The summed E-state index contributed by atoms with van der Waals surface area (Å²) in [5.41, 5.74) is 0.236. The first kappa shape index (κ1) is 12.1. The van der Waals surface area contributed by atoms with E-state index >= 15 is 0 Å². The SMILES string of the molecule is C=CCOP1OCC(C(C)(C)C)CO1. The summed E-state index contributed by atoms with van der Waals surface area (Å²) in [4.78, 5) is 0. The molecule has 0 radical (unpaired) electrons. The van der Waals surface area contributed by atoms with Crippen molar-refractivity contribution in [1.29, 1.82) is 0 Å². The average Bonchev–Trinajstić information content (AvgIpc) is 2.14. The summed E-state index contributed by atoms with van der Waals surface area (Å²) in [6, 6.07) is 0. The average molecular weight is 218 g/mol. The van der Waals surface area contributed by atoms with Crippen LogP contribution in [0, 0.1) is 11.3 Å². The van der Waals surface area contributed by atoms with Gasteiger partial charge in [0, 0.05) is 5.92 Å². The molecule has 4 heteroatoms. The summed E-state index contributed by atoms with van der Waals surface area (Å²) in [6.07, 6.45) is 1.70. The first-order valence-electron chi connectivity index (χ1n) is 4.84. The molecule has 1 saturated heterocycles. The second-order valence-electron chi connectivity index (χ2n) is 4.46. The zero-order chi connectivity index (χ0) is 10.6. The molecule has 0 spiro atoms. The molecule has 1 aliphatic rings. The van der Waals surface area contributed by atoms with Gasteiger partial charge in [-0.05, 0) is 5.41 Å². The van der Waals surface area contributed by atoms with E-state index in [0.717, 1.165) is 13.2 Å². The van der Waals surface area contributed by atoms with E-state index in [0.29, 0.717) is 12.5 Å². The minimum Gasteiger partial charge on any atom is -0.312 e. The predicted octanol–water partition coefficient (Wildman–Crippen LogP) is 3.13. The highest BCUT2D eigenvalue weighted by Crippen LogP contribution is 2.46. The summed E-state index contributed by atoms with van der Waals surface area (Å²) >= 11 is 0. The lowest BCUT2D eigenvalue weighted by Gasteiger charge is -2.35. The molecule has 0 unspecified atom stereocenters. The molecule has 0 amide bonds. The highest BCUT2D eigenvalue weighted by molar-refractivity contribution is 7.41. The van der Waals surface area contributed by atoms with Gasteiger partial charge in [0.2, 0.25) is 0 Å². The molecule has 0 N–H and O–H groups in total. The van der Waals surface area contributed by atoms with Gasteiger partial charge in [-0.25, -0.2) is 0 Å². The van der Waals surface area contributed by atoms with E-state index in [1.54, 1.807) is 6.08 Å². The lowest BCUT2D eigenvalue weighted by molar-refractivity contribution is 0.0264. The molecule has 0 atom stereocenters. The van der Waals surface area contributed by atoms with Gasteiger partial charge in [0.15, 0.2) is 0 Å². The van der Waals surface area contributed by atoms with E-state index in [1.807, 2.05) is 0 Å². The maximum absolute atomic E-state index is 5.49. The fourth-order valence-corrected chi connectivity index (χ4v) is 2.13. The Morgan fingerprint density at radius 1 is 1.43 bits per heavy atom. The molecule has 1 heterocycles. The first-order chi connectivity index (χ1) is 6.54. The molecule has 3 nitrogen and oxygen atoms in total. The normalized spacial score (nSPS) is 28.8. The molecule has 0 aromatic carbocycles. The van der Waals surface area contributed by atoms with Gasteiger partial charge in [-0.2, -0.15) is 0 Å². The summed E-state index contributed by atoms with van der Waals surface area (Å²) < 4.78 is 16.3. The molecule has 14 heavy (non-hydrogen) atoms. The molecule has 0 saturated carbocycles. The van der Waals surface area contributed by atoms with Crippen molar-refractivity contribution in [1.82, 2.24) is 0 Å². The maximum Gasteiger partial charge on any atom is 0.332 e. The highest BCUT2D eigenvalue weighted by atomic mass is 31.2. The summed E-state index contributed by atoms with van der Waals surface area (Å²) in [5.74, 6) is 0.452. The van der Waals surface area contributed by atoms with Crippen LogP contribution in [0.3, 0.4) is 0 Å². The second kappa shape index (κ2) is 5.22. The van der Waals surface area contributed by atoms with Gasteiger partial charge in [-0.1, -0.05) is 26.8 Å². The van der Waals surface area contributed by atoms with Crippen LogP contribution in [0.1, 0.15) is 20.8 Å². The van der Waals surface area contributed by atoms with Gasteiger partial charge in [0.05, 0.1) is 19.8 Å². The van der Waals surface area contributed by atoms with Crippen LogP contribution in [-0.2, 0) is 13.6 Å². The van der Waals surface area contributed by atoms with Crippen LogP contribution in [0.5, 0.6) is 0 Å². The molecule has 1 aliphatic heterocycles. The Hall–Kier alpha value is 0.0500. The summed E-state index contributed by atoms with van der Waals surface area (Å²) in [7, 11) is -1.12. The zero-order valence-electron chi connectivity index (χ0n) is 9.16. The van der Waals surface area contributed by atoms with Crippen molar-refractivity contribution in [2.24, 2.45) is 11.3 Å². The lowest BCUT2D eigenvalue weighted by atomic mass is 9.82. The van der Waals surface area contributed by atoms with Crippen LogP contribution < -0.4 is 0 Å². The van der Waals surface area contributed by atoms with Gasteiger partial charge >= 0.3 is 8.60 Å². The molecular formula is C10H19O3P. The third-order valence-electron chi connectivity index (χ3n) is 2.28. The maximum atomic E-state index is 5.49. The fourth-order valence-electron chi connectivity index (χ4n) is 1.08. The van der Waals surface area contributed by atoms with Gasteiger partial charge in [0.25, 0.3) is 0 Å². The monoisotopic (exact) mass is 218 g/mol. The Morgan fingerprint density at radius 3 is 2.43 bits per heavy atom. The van der Waals surface area contributed by atoms with Gasteiger partial charge in [-0.3, -0.25) is 0 Å². The van der Waals surface area contributed by atoms with Crippen LogP contribution in [-0.4, -0.2) is 19.8 Å². The summed E-state index contributed by atoms with van der Waals surface area (Å²) in [5, 5.41) is 0. The van der Waals surface area contributed by atoms with E-state index in [4.69, 9.17) is 13.6 Å². The number of hydrogen-bond donors (Lipinski definition) is 0. The standard InChI is InChI=1S/C10H19O3P/c1-5-6-11-14-12-7-9(8-13-14)10(2,3)4/h5,9H,1,6-8H2,2-4H3. The van der Waals surface area contributed by atoms with Crippen molar-refractivity contribution >= 4 is 8.60 Å². The van der Waals surface area contributed by atoms with Crippen molar-refractivity contribution in [3.05, 3.63) is 12.7 Å². The Balaban J connectivity index is 2.27. The molecule has 1 rings (SSSR count). The Labute approximate surface area is 87.4 Å². The van der Waals surface area contributed by atoms with E-state index in [-0.39, 0.29) is 5.41 Å². The third-order valence-corrected chi connectivity index (χ3v) is 3.36. The highest BCUT2D eigenvalue weighted by Gasteiger charge is 2.32. The van der Waals surface area contributed by atoms with Crippen LogP contribution in [0.2, 0.25) is 0 Å². The molecule has 0 aromatic rings. The smallest absolute Gasteiger partial charge is 0.312 e. The zero-order valence-corrected chi connectivity index (χ0v) is 10.0. The van der Waals surface area contributed by atoms with Crippen molar-refractivity contribution in [3.8, 4) is 0 Å². The van der Waals surface area contributed by atoms with Crippen LogP contribution in [0.25, 0.3) is 0 Å². The van der Waals surface area contributed by atoms with E-state index in [2.05, 4.69) is 27.4 Å².